The first kappa shape index (κ1) is 11.1. The van der Waals surface area contributed by atoms with Crippen molar-refractivity contribution in [3.05, 3.63) is 29.3 Å². The van der Waals surface area contributed by atoms with Crippen molar-refractivity contribution in [3.63, 3.8) is 0 Å². The van der Waals surface area contributed by atoms with Gasteiger partial charge in [0.05, 0.1) is 6.04 Å². The number of rotatable bonds is 2. The van der Waals surface area contributed by atoms with Crippen LogP contribution < -0.4 is 11.1 Å². The fourth-order valence-corrected chi connectivity index (χ4v) is 2.65. The summed E-state index contributed by atoms with van der Waals surface area (Å²) in [6.45, 7) is 5.12. The average Bonchev–Trinajstić information content (AvgIpc) is 2.61. The Labute approximate surface area is 96.0 Å². The van der Waals surface area contributed by atoms with Crippen LogP contribution in [0.15, 0.2) is 18.2 Å². The smallest absolute Gasteiger partial charge is 0.136 e. The molecule has 0 saturated carbocycles. The molecule has 3 nitrogen and oxygen atoms in total. The lowest BCUT2D eigenvalue weighted by Gasteiger charge is -2.25. The van der Waals surface area contributed by atoms with Gasteiger partial charge in [-0.05, 0) is 36.6 Å². The van der Waals surface area contributed by atoms with Crippen molar-refractivity contribution >= 4 is 12.0 Å². The third-order valence-electron chi connectivity index (χ3n) is 3.49. The molecular weight excluding hydrogens is 200 g/mol. The molecule has 3 N–H and O–H groups in total. The van der Waals surface area contributed by atoms with Gasteiger partial charge in [-0.25, -0.2) is 0 Å². The number of anilines is 1. The summed E-state index contributed by atoms with van der Waals surface area (Å²) < 4.78 is 0. The van der Waals surface area contributed by atoms with Crippen molar-refractivity contribution in [2.45, 2.75) is 31.7 Å². The second-order valence-electron chi connectivity index (χ2n) is 4.96. The van der Waals surface area contributed by atoms with Gasteiger partial charge < -0.3 is 15.8 Å². The van der Waals surface area contributed by atoms with Crippen molar-refractivity contribution in [1.29, 1.82) is 0 Å². The summed E-state index contributed by atoms with van der Waals surface area (Å²) in [6, 6.07) is 6.00. The van der Waals surface area contributed by atoms with E-state index in [1.54, 1.807) is 0 Å². The molecule has 2 unspecified atom stereocenters. The molecule has 2 atom stereocenters. The van der Waals surface area contributed by atoms with Gasteiger partial charge in [0, 0.05) is 17.6 Å². The van der Waals surface area contributed by atoms with Gasteiger partial charge in [-0.15, -0.1) is 0 Å². The summed E-state index contributed by atoms with van der Waals surface area (Å²) in [5.74, 6) is 0. The zero-order valence-electron chi connectivity index (χ0n) is 9.79. The average molecular weight is 218 g/mol. The van der Waals surface area contributed by atoms with E-state index in [0.717, 1.165) is 24.9 Å². The highest BCUT2D eigenvalue weighted by molar-refractivity contribution is 5.59. The molecule has 1 aliphatic rings. The number of hydrogen-bond acceptors (Lipinski definition) is 3. The number of nitrogens with one attached hydrogen (secondary N) is 1. The molecule has 1 fully saturated rings. The predicted molar refractivity (Wildman–Crippen MR) is 65.4 cm³/mol. The van der Waals surface area contributed by atoms with Gasteiger partial charge in [0.15, 0.2) is 0 Å². The Bertz CT molecular complexity index is 416. The Kier molecular flexibility index (Phi) is 2.72. The maximum Gasteiger partial charge on any atom is 0.136 e. The first-order valence-corrected chi connectivity index (χ1v) is 5.60. The van der Waals surface area contributed by atoms with Gasteiger partial charge in [0.2, 0.25) is 0 Å². The maximum absolute atomic E-state index is 10.8. The molecule has 0 aliphatic carbocycles. The van der Waals surface area contributed by atoms with Gasteiger partial charge in [0.25, 0.3) is 0 Å². The number of carbonyl (C=O) groups is 1. The second-order valence-corrected chi connectivity index (χ2v) is 4.96. The molecule has 0 bridgehead atoms. The Morgan fingerprint density at radius 1 is 1.56 bits per heavy atom. The standard InChI is InChI=1S/C13H18N2O/c1-9-5-10(14)3-4-12(9)13(2)6-11(7-16)15-8-13/h3-5,7,11,15H,6,8,14H2,1-2H3. The topological polar surface area (TPSA) is 55.1 Å². The number of benzene rings is 1. The molecule has 1 aromatic carbocycles. The molecule has 2 rings (SSSR count). The van der Waals surface area contributed by atoms with Crippen LogP contribution in [0.4, 0.5) is 5.69 Å². The number of hydrogen-bond donors (Lipinski definition) is 2. The van der Waals surface area contributed by atoms with Gasteiger partial charge in [-0.1, -0.05) is 13.0 Å². The Morgan fingerprint density at radius 2 is 2.31 bits per heavy atom. The fourth-order valence-electron chi connectivity index (χ4n) is 2.65. The van der Waals surface area contributed by atoms with Gasteiger partial charge in [-0.2, -0.15) is 0 Å². The third-order valence-corrected chi connectivity index (χ3v) is 3.49. The fraction of sp³-hybridized carbons (Fsp3) is 0.462. The van der Waals surface area contributed by atoms with Crippen molar-refractivity contribution < 1.29 is 4.79 Å². The van der Waals surface area contributed by atoms with E-state index in [2.05, 4.69) is 25.2 Å². The lowest BCUT2D eigenvalue weighted by molar-refractivity contribution is -0.109. The van der Waals surface area contributed by atoms with Gasteiger partial charge in [-0.3, -0.25) is 0 Å². The summed E-state index contributed by atoms with van der Waals surface area (Å²) in [5, 5.41) is 3.24. The summed E-state index contributed by atoms with van der Waals surface area (Å²) in [4.78, 5) is 10.8. The Morgan fingerprint density at radius 3 is 2.88 bits per heavy atom. The van der Waals surface area contributed by atoms with E-state index in [9.17, 15) is 4.79 Å². The molecule has 86 valence electrons. The quantitative estimate of drug-likeness (QED) is 0.582. The summed E-state index contributed by atoms with van der Waals surface area (Å²) in [6.07, 6.45) is 1.86. The Hall–Kier alpha value is -1.35. The third kappa shape index (κ3) is 1.83. The van der Waals surface area contributed by atoms with Crippen LogP contribution in [-0.2, 0) is 10.2 Å². The lowest BCUT2D eigenvalue weighted by atomic mass is 9.78. The van der Waals surface area contributed by atoms with Crippen LogP contribution in [0.1, 0.15) is 24.5 Å². The van der Waals surface area contributed by atoms with Crippen molar-refractivity contribution in [3.8, 4) is 0 Å². The van der Waals surface area contributed by atoms with Gasteiger partial charge >= 0.3 is 0 Å². The summed E-state index contributed by atoms with van der Waals surface area (Å²) in [5.41, 5.74) is 9.09. The molecule has 0 radical (unpaired) electrons. The van der Waals surface area contributed by atoms with E-state index in [4.69, 9.17) is 5.73 Å². The first-order valence-electron chi connectivity index (χ1n) is 5.60. The van der Waals surface area contributed by atoms with Crippen LogP contribution >= 0.6 is 0 Å². The van der Waals surface area contributed by atoms with Crippen molar-refractivity contribution in [1.82, 2.24) is 5.32 Å². The highest BCUT2D eigenvalue weighted by Gasteiger charge is 2.36. The second kappa shape index (κ2) is 3.91. The lowest BCUT2D eigenvalue weighted by Crippen LogP contribution is -2.26. The molecule has 1 aliphatic heterocycles. The maximum atomic E-state index is 10.8. The minimum Gasteiger partial charge on any atom is -0.399 e. The minimum absolute atomic E-state index is 0.0121. The number of aryl methyl sites for hydroxylation is 1. The molecule has 1 saturated heterocycles. The van der Waals surface area contributed by atoms with Gasteiger partial charge in [0.1, 0.15) is 6.29 Å². The first-order chi connectivity index (χ1) is 7.55. The zero-order valence-corrected chi connectivity index (χ0v) is 9.79. The monoisotopic (exact) mass is 218 g/mol. The number of nitrogen functional groups attached to an aromatic ring is 1. The van der Waals surface area contributed by atoms with E-state index in [1.807, 2.05) is 12.1 Å². The van der Waals surface area contributed by atoms with Crippen molar-refractivity contribution in [2.24, 2.45) is 0 Å². The van der Waals surface area contributed by atoms with Crippen LogP contribution in [-0.4, -0.2) is 18.9 Å². The van der Waals surface area contributed by atoms with E-state index < -0.39 is 0 Å². The van der Waals surface area contributed by atoms with E-state index in [-0.39, 0.29) is 11.5 Å². The molecule has 0 spiro atoms. The molecule has 16 heavy (non-hydrogen) atoms. The van der Waals surface area contributed by atoms with Crippen LogP contribution in [0, 0.1) is 6.92 Å². The predicted octanol–water partition coefficient (Wildman–Crippen LogP) is 1.40. The highest BCUT2D eigenvalue weighted by Crippen LogP contribution is 2.34. The largest absolute Gasteiger partial charge is 0.399 e. The summed E-state index contributed by atoms with van der Waals surface area (Å²) in [7, 11) is 0. The molecule has 0 amide bonds. The SMILES string of the molecule is Cc1cc(N)ccc1C1(C)CNC(C=O)C1. The van der Waals surface area contributed by atoms with Crippen LogP contribution in [0.25, 0.3) is 0 Å². The van der Waals surface area contributed by atoms with Crippen LogP contribution in [0.5, 0.6) is 0 Å². The highest BCUT2D eigenvalue weighted by atomic mass is 16.1. The van der Waals surface area contributed by atoms with Crippen molar-refractivity contribution in [2.75, 3.05) is 12.3 Å². The normalized spacial score (nSPS) is 29.2. The Balaban J connectivity index is 2.33. The van der Waals surface area contributed by atoms with E-state index in [1.165, 1.54) is 11.1 Å². The van der Waals surface area contributed by atoms with E-state index in [0.29, 0.717) is 0 Å². The zero-order chi connectivity index (χ0) is 11.8. The molecular formula is C13H18N2O. The summed E-state index contributed by atoms with van der Waals surface area (Å²) >= 11 is 0. The number of nitrogens with two attached hydrogens (primary N) is 1. The minimum atomic E-state index is -0.0121. The molecule has 0 aromatic heterocycles. The molecule has 3 heteroatoms. The number of carbonyl (C=O) groups excluding carboxylic acids is 1. The molecule has 1 aromatic rings. The van der Waals surface area contributed by atoms with E-state index >= 15 is 0 Å². The molecule has 1 heterocycles. The van der Waals surface area contributed by atoms with Crippen LogP contribution in [0.3, 0.4) is 0 Å². The van der Waals surface area contributed by atoms with Crippen LogP contribution in [0.2, 0.25) is 0 Å². The number of aldehydes is 1.